The topological polar surface area (TPSA) is 68.0 Å². The molecule has 6 heteroatoms. The van der Waals surface area contributed by atoms with Crippen molar-refractivity contribution in [1.82, 2.24) is 10.1 Å². The van der Waals surface area contributed by atoms with Crippen LogP contribution in [0.2, 0.25) is 0 Å². The second-order valence-corrected chi connectivity index (χ2v) is 7.63. The maximum Gasteiger partial charge on any atom is 0.236 e. The van der Waals surface area contributed by atoms with Crippen LogP contribution >= 0.6 is 11.8 Å². The monoisotopic (exact) mass is 381 g/mol. The lowest BCUT2D eigenvalue weighted by atomic mass is 10.1. The first-order valence-electron chi connectivity index (χ1n) is 8.78. The van der Waals surface area contributed by atoms with Crippen LogP contribution in [0.5, 0.6) is 0 Å². The van der Waals surface area contributed by atoms with Crippen LogP contribution in [0, 0.1) is 27.7 Å². The van der Waals surface area contributed by atoms with Gasteiger partial charge in [-0.3, -0.25) is 4.79 Å². The van der Waals surface area contributed by atoms with Crippen molar-refractivity contribution in [2.24, 2.45) is 0 Å². The molecule has 0 spiro atoms. The van der Waals surface area contributed by atoms with Gasteiger partial charge in [0.05, 0.1) is 11.5 Å². The van der Waals surface area contributed by atoms with Gasteiger partial charge in [-0.05, 0) is 44.4 Å². The molecule has 0 aliphatic rings. The molecule has 0 atom stereocenters. The van der Waals surface area contributed by atoms with E-state index in [0.29, 0.717) is 23.2 Å². The lowest BCUT2D eigenvalue weighted by Crippen LogP contribution is -2.16. The molecule has 0 fully saturated rings. The summed E-state index contributed by atoms with van der Waals surface area (Å²) in [5.74, 6) is 1.90. The second-order valence-electron chi connectivity index (χ2n) is 6.64. The number of nitrogens with one attached hydrogen (secondary N) is 1. The van der Waals surface area contributed by atoms with Crippen LogP contribution in [0.25, 0.3) is 11.4 Å². The van der Waals surface area contributed by atoms with Crippen molar-refractivity contribution in [1.29, 1.82) is 0 Å². The summed E-state index contributed by atoms with van der Waals surface area (Å²) in [5.41, 5.74) is 6.29. The molecule has 27 heavy (non-hydrogen) atoms. The first-order valence-corrected chi connectivity index (χ1v) is 9.93. The van der Waals surface area contributed by atoms with Gasteiger partial charge < -0.3 is 9.84 Å². The molecule has 0 bridgehead atoms. The first-order chi connectivity index (χ1) is 12.9. The number of aryl methyl sites for hydroxylation is 4. The molecular weight excluding hydrogens is 358 g/mol. The van der Waals surface area contributed by atoms with E-state index in [-0.39, 0.29) is 5.91 Å². The smallest absolute Gasteiger partial charge is 0.236 e. The molecule has 3 rings (SSSR count). The molecule has 0 aliphatic heterocycles. The molecule has 1 aromatic heterocycles. The summed E-state index contributed by atoms with van der Waals surface area (Å²) in [7, 11) is 0. The highest BCUT2D eigenvalue weighted by Crippen LogP contribution is 2.23. The van der Waals surface area contributed by atoms with E-state index in [1.807, 2.05) is 45.0 Å². The molecule has 1 N–H and O–H groups in total. The number of amides is 1. The number of carbonyl (C=O) groups excluding carboxylic acids is 1. The van der Waals surface area contributed by atoms with Gasteiger partial charge in [-0.25, -0.2) is 0 Å². The van der Waals surface area contributed by atoms with E-state index in [9.17, 15) is 4.79 Å². The SMILES string of the molecule is Cc1cc(C)c(NC(=O)CSCc2nc(-c3ccccc3C)no2)c(C)c1. The number of carbonyl (C=O) groups is 1. The van der Waals surface area contributed by atoms with Gasteiger partial charge in [-0.2, -0.15) is 4.98 Å². The molecule has 1 amide bonds. The maximum atomic E-state index is 12.3. The molecule has 0 radical (unpaired) electrons. The third-order valence-corrected chi connectivity index (χ3v) is 5.17. The Morgan fingerprint density at radius 1 is 1.07 bits per heavy atom. The minimum atomic E-state index is -0.0336. The summed E-state index contributed by atoms with van der Waals surface area (Å²) in [6.45, 7) is 8.08. The molecule has 1 heterocycles. The Hall–Kier alpha value is -2.60. The number of rotatable bonds is 6. The summed E-state index contributed by atoms with van der Waals surface area (Å²) >= 11 is 1.45. The summed E-state index contributed by atoms with van der Waals surface area (Å²) in [6.07, 6.45) is 0. The van der Waals surface area contributed by atoms with E-state index in [1.54, 1.807) is 0 Å². The fraction of sp³-hybridized carbons (Fsp3) is 0.286. The van der Waals surface area contributed by atoms with Crippen LogP contribution in [0.15, 0.2) is 40.9 Å². The van der Waals surface area contributed by atoms with Gasteiger partial charge in [0.15, 0.2) is 0 Å². The fourth-order valence-electron chi connectivity index (χ4n) is 3.03. The summed E-state index contributed by atoms with van der Waals surface area (Å²) in [6, 6.07) is 12.1. The van der Waals surface area contributed by atoms with Gasteiger partial charge in [-0.1, -0.05) is 47.1 Å². The average molecular weight is 382 g/mol. The molecule has 0 saturated carbocycles. The summed E-state index contributed by atoms with van der Waals surface area (Å²) in [4.78, 5) is 16.7. The third kappa shape index (κ3) is 4.77. The predicted octanol–water partition coefficient (Wildman–Crippen LogP) is 4.84. The largest absolute Gasteiger partial charge is 0.338 e. The van der Waals surface area contributed by atoms with E-state index in [1.165, 1.54) is 17.3 Å². The van der Waals surface area contributed by atoms with Crippen molar-refractivity contribution in [3.05, 3.63) is 64.5 Å². The van der Waals surface area contributed by atoms with Gasteiger partial charge in [0, 0.05) is 11.3 Å². The maximum absolute atomic E-state index is 12.3. The number of hydrogen-bond acceptors (Lipinski definition) is 5. The number of benzene rings is 2. The van der Waals surface area contributed by atoms with Crippen LogP contribution in [-0.2, 0) is 10.5 Å². The van der Waals surface area contributed by atoms with Crippen molar-refractivity contribution < 1.29 is 9.32 Å². The number of anilines is 1. The normalized spacial score (nSPS) is 10.8. The zero-order valence-corrected chi connectivity index (χ0v) is 16.8. The van der Waals surface area contributed by atoms with Crippen LogP contribution in [-0.4, -0.2) is 21.8 Å². The van der Waals surface area contributed by atoms with Gasteiger partial charge in [0.2, 0.25) is 17.6 Å². The molecule has 140 valence electrons. The molecule has 5 nitrogen and oxygen atoms in total. The van der Waals surface area contributed by atoms with Gasteiger partial charge in [0.25, 0.3) is 0 Å². The lowest BCUT2D eigenvalue weighted by Gasteiger charge is -2.12. The Bertz CT molecular complexity index is 943. The van der Waals surface area contributed by atoms with Crippen molar-refractivity contribution in [3.63, 3.8) is 0 Å². The second kappa shape index (κ2) is 8.39. The van der Waals surface area contributed by atoms with E-state index in [2.05, 4.69) is 34.5 Å². The van der Waals surface area contributed by atoms with Crippen molar-refractivity contribution in [3.8, 4) is 11.4 Å². The Kier molecular flexibility index (Phi) is 5.96. The molecule has 0 unspecified atom stereocenters. The van der Waals surface area contributed by atoms with E-state index >= 15 is 0 Å². The predicted molar refractivity (Wildman–Crippen MR) is 110 cm³/mol. The third-order valence-electron chi connectivity index (χ3n) is 4.25. The highest BCUT2D eigenvalue weighted by Gasteiger charge is 2.12. The Labute approximate surface area is 163 Å². The Balaban J connectivity index is 1.55. The van der Waals surface area contributed by atoms with Crippen molar-refractivity contribution >= 4 is 23.4 Å². The number of hydrogen-bond donors (Lipinski definition) is 1. The van der Waals surface area contributed by atoms with E-state index < -0.39 is 0 Å². The van der Waals surface area contributed by atoms with Crippen LogP contribution in [0.4, 0.5) is 5.69 Å². The minimum absolute atomic E-state index is 0.0336. The highest BCUT2D eigenvalue weighted by atomic mass is 32.2. The molecular formula is C21H23N3O2S. The summed E-state index contributed by atoms with van der Waals surface area (Å²) in [5, 5.41) is 7.05. The molecule has 0 aliphatic carbocycles. The molecule has 3 aromatic rings. The van der Waals surface area contributed by atoms with Gasteiger partial charge >= 0.3 is 0 Å². The van der Waals surface area contributed by atoms with Crippen LogP contribution in [0.3, 0.4) is 0 Å². The zero-order chi connectivity index (χ0) is 19.4. The Morgan fingerprint density at radius 3 is 2.48 bits per heavy atom. The van der Waals surface area contributed by atoms with Crippen LogP contribution < -0.4 is 5.32 Å². The number of aromatic nitrogens is 2. The van der Waals surface area contributed by atoms with Crippen molar-refractivity contribution in [2.75, 3.05) is 11.1 Å². The first kappa shape index (κ1) is 19.2. The fourth-order valence-corrected chi connectivity index (χ4v) is 3.68. The lowest BCUT2D eigenvalue weighted by molar-refractivity contribution is -0.113. The van der Waals surface area contributed by atoms with E-state index in [4.69, 9.17) is 4.52 Å². The minimum Gasteiger partial charge on any atom is -0.338 e. The molecule has 0 saturated heterocycles. The standard InChI is InChI=1S/C21H23N3O2S/c1-13-9-15(3)20(16(4)10-13)22-18(25)11-27-12-19-23-21(24-26-19)17-8-6-5-7-14(17)2/h5-10H,11-12H2,1-4H3,(H,22,25). The van der Waals surface area contributed by atoms with Crippen LogP contribution in [0.1, 0.15) is 28.1 Å². The van der Waals surface area contributed by atoms with Gasteiger partial charge in [-0.15, -0.1) is 11.8 Å². The average Bonchev–Trinajstić information content (AvgIpc) is 3.07. The quantitative estimate of drug-likeness (QED) is 0.661. The number of thioether (sulfide) groups is 1. The zero-order valence-electron chi connectivity index (χ0n) is 16.0. The number of nitrogens with zero attached hydrogens (tertiary/aromatic N) is 2. The summed E-state index contributed by atoms with van der Waals surface area (Å²) < 4.78 is 5.31. The highest BCUT2D eigenvalue weighted by molar-refractivity contribution is 7.99. The van der Waals surface area contributed by atoms with Crippen molar-refractivity contribution in [2.45, 2.75) is 33.4 Å². The van der Waals surface area contributed by atoms with Gasteiger partial charge in [0.1, 0.15) is 0 Å². The Morgan fingerprint density at radius 2 is 1.78 bits per heavy atom. The van der Waals surface area contributed by atoms with E-state index in [0.717, 1.165) is 27.9 Å². The molecule has 2 aromatic carbocycles.